The molecule has 91 heavy (non-hydrogen) atoms. The van der Waals surface area contributed by atoms with Gasteiger partial charge >= 0.3 is 0 Å². The number of fused-ring (bicyclic) bond motifs is 2. The van der Waals surface area contributed by atoms with Gasteiger partial charge in [-0.3, -0.25) is 33.6 Å². The maximum Gasteiger partial charge on any atom is 0.261 e. The van der Waals surface area contributed by atoms with E-state index in [1.807, 2.05) is 54.6 Å². The normalized spacial score (nSPS) is 24.9. The molecular formula is C60H74N10O20S. The van der Waals surface area contributed by atoms with E-state index in [1.165, 1.54) is 25.1 Å². The van der Waals surface area contributed by atoms with Crippen molar-refractivity contribution in [2.24, 2.45) is 5.92 Å². The molecule has 3 aliphatic rings. The Kier molecular flexibility index (Phi) is 24.0. The lowest BCUT2D eigenvalue weighted by Crippen LogP contribution is -2.64. The number of aromatic hydroxyl groups is 1. The molecular weight excluding hydrogens is 1210 g/mol. The van der Waals surface area contributed by atoms with Crippen molar-refractivity contribution in [1.29, 1.82) is 0 Å². The van der Waals surface area contributed by atoms with Crippen molar-refractivity contribution in [3.63, 3.8) is 0 Å². The van der Waals surface area contributed by atoms with E-state index in [-0.39, 0.29) is 42.3 Å². The average Bonchev–Trinajstić information content (AvgIpc) is 2.02. The highest BCUT2D eigenvalue weighted by Crippen LogP contribution is 2.32. The molecule has 0 bridgehead atoms. The van der Waals surface area contributed by atoms with E-state index < -0.39 is 184 Å². The lowest BCUT2D eigenvalue weighted by Gasteiger charge is -2.34. The Morgan fingerprint density at radius 2 is 1.38 bits per heavy atom. The van der Waals surface area contributed by atoms with Gasteiger partial charge in [-0.2, -0.15) is 5.10 Å². The Bertz CT molecular complexity index is 3310. The lowest BCUT2D eigenvalue weighted by molar-refractivity contribution is -0.433. The molecule has 490 valence electrons. The summed E-state index contributed by atoms with van der Waals surface area (Å²) in [5.74, 6) is -9.61. The van der Waals surface area contributed by atoms with Crippen LogP contribution in [0.5, 0.6) is 11.5 Å². The Balaban J connectivity index is 1.10. The van der Waals surface area contributed by atoms with Gasteiger partial charge in [-0.1, -0.05) is 77.0 Å². The molecule has 31 heteroatoms. The van der Waals surface area contributed by atoms with Crippen LogP contribution in [-0.2, 0) is 44.6 Å². The molecule has 8 rings (SSSR count). The maximum atomic E-state index is 15.0. The zero-order valence-corrected chi connectivity index (χ0v) is 50.1. The molecule has 0 saturated carbocycles. The third-order valence-electron chi connectivity index (χ3n) is 16.0. The summed E-state index contributed by atoms with van der Waals surface area (Å²) in [6, 6.07) is 15.1. The number of benzene rings is 4. The van der Waals surface area contributed by atoms with Gasteiger partial charge in [-0.05, 0) is 78.5 Å². The van der Waals surface area contributed by atoms with E-state index in [2.05, 4.69) is 46.4 Å². The number of aromatic nitrogens is 2. The van der Waals surface area contributed by atoms with Gasteiger partial charge in [0.05, 0.1) is 67.8 Å². The summed E-state index contributed by atoms with van der Waals surface area (Å²) in [6.45, 7) is -0.318. The number of nitrogens with one attached hydrogen (secondary N) is 6. The molecule has 3 aliphatic heterocycles. The van der Waals surface area contributed by atoms with E-state index >= 15 is 0 Å². The van der Waals surface area contributed by atoms with Crippen LogP contribution in [-0.4, -0.2) is 230 Å². The predicted molar refractivity (Wildman–Crippen MR) is 321 cm³/mol. The van der Waals surface area contributed by atoms with Gasteiger partial charge in [0.15, 0.2) is 11.5 Å². The highest BCUT2D eigenvalue weighted by molar-refractivity contribution is 7.90. The Labute approximate surface area is 525 Å². The zero-order chi connectivity index (χ0) is 65.6. The Morgan fingerprint density at radius 1 is 0.736 bits per heavy atom. The molecule has 0 spiro atoms. The molecule has 0 aliphatic carbocycles. The first-order valence-electron chi connectivity index (χ1n) is 29.2. The van der Waals surface area contributed by atoms with Crippen LogP contribution >= 0.6 is 12.3 Å². The Morgan fingerprint density at radius 3 is 2.05 bits per heavy atom. The van der Waals surface area contributed by atoms with Crippen molar-refractivity contribution >= 4 is 53.7 Å². The number of carbonyl (C=O) groups is 7. The monoisotopic (exact) mass is 1290 g/mol. The van der Waals surface area contributed by atoms with Crippen molar-refractivity contribution in [2.45, 2.75) is 118 Å². The second kappa shape index (κ2) is 31.7. The van der Waals surface area contributed by atoms with Gasteiger partial charge in [0.25, 0.3) is 18.2 Å². The van der Waals surface area contributed by atoms with Crippen molar-refractivity contribution in [1.82, 2.24) is 51.5 Å². The van der Waals surface area contributed by atoms with Crippen LogP contribution < -0.4 is 36.1 Å². The molecule has 0 unspecified atom stereocenters. The number of phenols is 1. The summed E-state index contributed by atoms with van der Waals surface area (Å²) in [5.41, 5.74) is 4.46. The fourth-order valence-corrected chi connectivity index (χ4v) is 11.2. The molecule has 4 aromatic carbocycles. The molecule has 0 radical (unpaired) electrons. The minimum Gasteiger partial charge on any atom is -0.504 e. The van der Waals surface area contributed by atoms with Crippen LogP contribution in [0.15, 0.2) is 109 Å². The molecule has 30 nitrogen and oxygen atoms in total. The summed E-state index contributed by atoms with van der Waals surface area (Å²) >= 11 is 0.0663. The molecule has 3 fully saturated rings. The molecule has 4 heterocycles. The number of rotatable bonds is 20. The largest absolute Gasteiger partial charge is 0.504 e. The smallest absolute Gasteiger partial charge is 0.261 e. The molecule has 16 N–H and O–H groups in total. The van der Waals surface area contributed by atoms with E-state index in [9.17, 15) is 79.5 Å². The lowest BCUT2D eigenvalue weighted by atomic mass is 9.98. The quantitative estimate of drug-likeness (QED) is 0.0167. The number of aliphatic hydroxyl groups excluding tert-OH is 8. The fourth-order valence-electron chi connectivity index (χ4n) is 11.0. The minimum atomic E-state index is -2.16. The zero-order valence-electron chi connectivity index (χ0n) is 49.3. The van der Waals surface area contributed by atoms with E-state index in [0.29, 0.717) is 5.69 Å². The number of carbonyl (C=O) groups excluding carboxylic acids is 7. The molecule has 3 saturated heterocycles. The van der Waals surface area contributed by atoms with Crippen LogP contribution in [0, 0.1) is 5.92 Å². The standard InChI is InChI=1S/C60H74N10O20S/c1-31-26-69-52(53(31)79)58(84)62-25-41(74)22-43(64-54(80)37-13-15-40(16-14-37)70-27-38(24-63-70)36-11-9-35(10-12-36)34-6-4-3-5-7-34)55(81)65-49(32(2)73)59(85)68-28-42(75)23-44(68)56(82)66-50(47(78)20-33-8-17-45(76)48(21-33)88-91-90-89-87)57(83)67-51(60(69)86)46(77)18-19-61-39(29-71)30-72/h3-17,21,24,27,31-32,39,41-44,46-47,49-53,61,71-79,87H,18-20,22-23,25-26,28-30H2,1-2H3,(H,62,84)(H,64,80)(H,65,81)(H,66,82)(H,67,83)/t31-,32+,41+,42+,43-,44-,46+,47+,49-,50-,51-,52-,53-/m0/s1. The Hall–Kier alpha value is -8.15. The molecule has 7 amide bonds. The summed E-state index contributed by atoms with van der Waals surface area (Å²) in [4.78, 5) is 104. The van der Waals surface area contributed by atoms with Gasteiger partial charge in [-0.25, -0.2) is 9.94 Å². The first-order chi connectivity index (χ1) is 43.6. The van der Waals surface area contributed by atoms with E-state index in [4.69, 9.17) is 9.44 Å². The van der Waals surface area contributed by atoms with E-state index in [1.54, 1.807) is 29.2 Å². The fraction of sp³-hybridized carbons (Fsp3) is 0.433. The topological polar surface area (TPSA) is 446 Å². The minimum absolute atomic E-state index is 0.0131. The predicted octanol–water partition coefficient (Wildman–Crippen LogP) is -2.44. The van der Waals surface area contributed by atoms with Gasteiger partial charge in [0.2, 0.25) is 35.4 Å². The first-order valence-corrected chi connectivity index (χ1v) is 29.8. The van der Waals surface area contributed by atoms with Crippen LogP contribution in [0.1, 0.15) is 49.0 Å². The number of amides is 7. The van der Waals surface area contributed by atoms with Gasteiger partial charge in [-0.15, -0.1) is 0 Å². The number of hydrogen-bond acceptors (Lipinski definition) is 23. The maximum absolute atomic E-state index is 15.0. The first kappa shape index (κ1) is 68.8. The highest BCUT2D eigenvalue weighted by Gasteiger charge is 2.50. The second-order valence-corrected chi connectivity index (χ2v) is 23.0. The van der Waals surface area contributed by atoms with Crippen LogP contribution in [0.4, 0.5) is 0 Å². The van der Waals surface area contributed by atoms with Crippen molar-refractivity contribution in [2.75, 3.05) is 39.4 Å². The van der Waals surface area contributed by atoms with Crippen LogP contribution in [0.3, 0.4) is 0 Å². The second-order valence-electron chi connectivity index (χ2n) is 22.6. The van der Waals surface area contributed by atoms with Crippen molar-refractivity contribution in [3.05, 3.63) is 121 Å². The van der Waals surface area contributed by atoms with Gasteiger partial charge < -0.3 is 91.8 Å². The van der Waals surface area contributed by atoms with Gasteiger partial charge in [0.1, 0.15) is 36.3 Å². The number of nitrogens with zero attached hydrogens (tertiary/aromatic N) is 4. The summed E-state index contributed by atoms with van der Waals surface area (Å²) < 4.78 is 10.9. The molecule has 1 aromatic heterocycles. The number of aliphatic hydroxyl groups is 8. The summed E-state index contributed by atoms with van der Waals surface area (Å²) in [7, 11) is 0. The summed E-state index contributed by atoms with van der Waals surface area (Å²) in [5, 5.41) is 130. The average molecular weight is 1290 g/mol. The van der Waals surface area contributed by atoms with Crippen molar-refractivity contribution in [3.8, 4) is 39.4 Å². The number of phenolic OH excluding ortho intramolecular Hbond substituents is 1. The van der Waals surface area contributed by atoms with Crippen LogP contribution in [0.2, 0.25) is 0 Å². The third-order valence-corrected chi connectivity index (χ3v) is 16.4. The summed E-state index contributed by atoms with van der Waals surface area (Å²) in [6.07, 6.45) is -9.17. The van der Waals surface area contributed by atoms with Crippen LogP contribution in [0.25, 0.3) is 27.9 Å². The highest BCUT2D eigenvalue weighted by atomic mass is 32.2. The number of hydrogen-bond donors (Lipinski definition) is 16. The van der Waals surface area contributed by atoms with E-state index in [0.717, 1.165) is 51.1 Å². The number of β-amino-alcohol motifs (C(OH)–C–C–N with tert-alkyl or cyclic N) is 1. The third kappa shape index (κ3) is 17.3. The molecule has 13 atom stereocenters. The molecule has 5 aromatic rings. The van der Waals surface area contributed by atoms with Crippen molar-refractivity contribution < 1.29 is 98.3 Å². The van der Waals surface area contributed by atoms with Gasteiger partial charge in [0, 0.05) is 62.1 Å². The SMILES string of the molecule is C[C@@H](O)[C@@H]1NC(=O)[C@@H](NC(=O)c2ccc(-n3cc(-c4ccc(-c5ccccc5)cc4)cn3)cc2)C[C@@H](O)CNC(=O)[C@@H]2[C@@H](O)[C@@H](C)CN2C(=O)[C@H]([C@H](O)CCNC(CO)CO)NC(=O)[C@H]([C@H](O)Cc2ccc(O)c(OSOOO)c2)NC(=O)[C@@H]2C[C@@H](O)CN2C1=O.